The van der Waals surface area contributed by atoms with Crippen LogP contribution in [0.4, 0.5) is 5.82 Å². The van der Waals surface area contributed by atoms with Crippen molar-refractivity contribution in [3.8, 4) is 11.4 Å². The van der Waals surface area contributed by atoms with E-state index in [9.17, 15) is 4.79 Å². The van der Waals surface area contributed by atoms with Crippen molar-refractivity contribution >= 4 is 5.82 Å². The Bertz CT molecular complexity index is 1120. The van der Waals surface area contributed by atoms with E-state index in [1.165, 1.54) is 17.2 Å². The fraction of sp³-hybridized carbons (Fsp3) is 0.192. The number of nitrogens with zero attached hydrogens (tertiary/aromatic N) is 2. The van der Waals surface area contributed by atoms with Gasteiger partial charge in [-0.15, -0.1) is 0 Å². The molecule has 2 heterocycles. The van der Waals surface area contributed by atoms with Gasteiger partial charge in [-0.2, -0.15) is 0 Å². The quantitative estimate of drug-likeness (QED) is 0.427. The van der Waals surface area contributed by atoms with Gasteiger partial charge in [-0.3, -0.25) is 4.79 Å². The number of hydrogen-bond acceptors (Lipinski definition) is 4. The molecule has 5 heteroatoms. The van der Waals surface area contributed by atoms with Crippen LogP contribution in [0.15, 0.2) is 89.9 Å². The fourth-order valence-corrected chi connectivity index (χ4v) is 3.71. The van der Waals surface area contributed by atoms with Crippen molar-refractivity contribution < 1.29 is 0 Å². The number of aromatic amines is 1. The van der Waals surface area contributed by atoms with Gasteiger partial charge >= 0.3 is 0 Å². The van der Waals surface area contributed by atoms with Crippen LogP contribution in [-0.2, 0) is 6.42 Å². The summed E-state index contributed by atoms with van der Waals surface area (Å²) < 4.78 is 0. The summed E-state index contributed by atoms with van der Waals surface area (Å²) in [5.74, 6) is 1.68. The maximum atomic E-state index is 11.8. The molecule has 0 atom stereocenters. The molecule has 0 fully saturated rings. The third-order valence-electron chi connectivity index (χ3n) is 5.34. The third kappa shape index (κ3) is 5.25. The number of aromatic nitrogens is 3. The highest BCUT2D eigenvalue weighted by atomic mass is 16.1. The van der Waals surface area contributed by atoms with Gasteiger partial charge < -0.3 is 10.3 Å². The molecule has 0 saturated heterocycles. The van der Waals surface area contributed by atoms with Crippen LogP contribution in [0.3, 0.4) is 0 Å². The molecule has 31 heavy (non-hydrogen) atoms. The number of pyridine rings is 1. The lowest BCUT2D eigenvalue weighted by Crippen LogP contribution is -2.11. The van der Waals surface area contributed by atoms with Crippen LogP contribution in [0.25, 0.3) is 11.4 Å². The minimum atomic E-state index is -0.142. The first-order chi connectivity index (χ1) is 15.2. The second kappa shape index (κ2) is 9.85. The zero-order valence-corrected chi connectivity index (χ0v) is 17.6. The van der Waals surface area contributed by atoms with Gasteiger partial charge in [0.25, 0.3) is 5.56 Å². The molecule has 4 aromatic rings. The summed E-state index contributed by atoms with van der Waals surface area (Å²) in [6.07, 6.45) is 3.41. The van der Waals surface area contributed by atoms with Gasteiger partial charge in [0.15, 0.2) is 0 Å². The van der Waals surface area contributed by atoms with E-state index in [0.717, 1.165) is 30.0 Å². The molecule has 0 unspecified atom stereocenters. The number of aryl methyl sites for hydroxylation is 1. The lowest BCUT2D eigenvalue weighted by atomic mass is 9.88. The largest absolute Gasteiger partial charge is 0.370 e. The monoisotopic (exact) mass is 410 g/mol. The third-order valence-corrected chi connectivity index (χ3v) is 5.34. The molecule has 0 aliphatic rings. The molecule has 156 valence electrons. The molecular weight excluding hydrogens is 384 g/mol. The van der Waals surface area contributed by atoms with Crippen LogP contribution in [0.1, 0.15) is 36.1 Å². The summed E-state index contributed by atoms with van der Waals surface area (Å²) in [7, 11) is 0. The first kappa shape index (κ1) is 20.5. The first-order valence-electron chi connectivity index (χ1n) is 10.6. The van der Waals surface area contributed by atoms with Gasteiger partial charge in [0.05, 0.1) is 0 Å². The van der Waals surface area contributed by atoms with E-state index in [2.05, 4.69) is 68.8 Å². The summed E-state index contributed by atoms with van der Waals surface area (Å²) in [6.45, 7) is 2.77. The lowest BCUT2D eigenvalue weighted by molar-refractivity contribution is 0.743. The average Bonchev–Trinajstić information content (AvgIpc) is 2.83. The summed E-state index contributed by atoms with van der Waals surface area (Å²) in [4.78, 5) is 23.6. The number of benzene rings is 2. The van der Waals surface area contributed by atoms with Gasteiger partial charge in [0.2, 0.25) is 0 Å². The van der Waals surface area contributed by atoms with Gasteiger partial charge in [0.1, 0.15) is 11.6 Å². The van der Waals surface area contributed by atoms with E-state index in [-0.39, 0.29) is 5.56 Å². The molecule has 0 aliphatic heterocycles. The Kier molecular flexibility index (Phi) is 6.53. The molecule has 2 N–H and O–H groups in total. The van der Waals surface area contributed by atoms with Crippen molar-refractivity contribution in [2.24, 2.45) is 0 Å². The molecule has 0 amide bonds. The first-order valence-corrected chi connectivity index (χ1v) is 10.6. The second-order valence-electron chi connectivity index (χ2n) is 7.46. The summed E-state index contributed by atoms with van der Waals surface area (Å²) in [6, 6.07) is 26.6. The lowest BCUT2D eigenvalue weighted by Gasteiger charge is -2.18. The van der Waals surface area contributed by atoms with E-state index >= 15 is 0 Å². The van der Waals surface area contributed by atoms with Crippen LogP contribution in [0, 0.1) is 0 Å². The second-order valence-corrected chi connectivity index (χ2v) is 7.46. The summed E-state index contributed by atoms with van der Waals surface area (Å²) in [5, 5.41) is 3.42. The molecule has 2 aromatic carbocycles. The van der Waals surface area contributed by atoms with Crippen LogP contribution in [-0.4, -0.2) is 21.5 Å². The highest BCUT2D eigenvalue weighted by Gasteiger charge is 2.13. The minimum Gasteiger partial charge on any atom is -0.370 e. The summed E-state index contributed by atoms with van der Waals surface area (Å²) in [5.41, 5.74) is 4.05. The number of nitrogens with one attached hydrogen (secondary N) is 2. The van der Waals surface area contributed by atoms with Crippen molar-refractivity contribution in [2.75, 3.05) is 11.9 Å². The van der Waals surface area contributed by atoms with Crippen LogP contribution < -0.4 is 10.9 Å². The molecule has 5 nitrogen and oxygen atoms in total. The van der Waals surface area contributed by atoms with Crippen LogP contribution in [0.2, 0.25) is 0 Å². The van der Waals surface area contributed by atoms with Crippen molar-refractivity contribution in [3.05, 3.63) is 112 Å². The fourth-order valence-electron chi connectivity index (χ4n) is 3.71. The number of anilines is 1. The Morgan fingerprint density at radius 3 is 2.19 bits per heavy atom. The molecular formula is C26H26N4O. The average molecular weight is 411 g/mol. The molecule has 0 aliphatic carbocycles. The van der Waals surface area contributed by atoms with Crippen molar-refractivity contribution in [1.29, 1.82) is 0 Å². The van der Waals surface area contributed by atoms with E-state index in [4.69, 9.17) is 0 Å². The van der Waals surface area contributed by atoms with Gasteiger partial charge in [-0.1, -0.05) is 67.6 Å². The zero-order valence-electron chi connectivity index (χ0n) is 17.6. The van der Waals surface area contributed by atoms with Crippen molar-refractivity contribution in [3.63, 3.8) is 0 Å². The topological polar surface area (TPSA) is 70.7 Å². The van der Waals surface area contributed by atoms with E-state index < -0.39 is 0 Å². The SMILES string of the molecule is CCc1cc(=O)[nH]c(-c2ccc(NCCC(c3ccccc3)c3ccccc3)nc2)n1. The van der Waals surface area contributed by atoms with Crippen molar-refractivity contribution in [2.45, 2.75) is 25.7 Å². The van der Waals surface area contributed by atoms with Gasteiger partial charge in [0, 0.05) is 36.0 Å². The highest BCUT2D eigenvalue weighted by molar-refractivity contribution is 5.55. The zero-order chi connectivity index (χ0) is 21.5. The molecule has 0 radical (unpaired) electrons. The molecule has 4 rings (SSSR count). The smallest absolute Gasteiger partial charge is 0.251 e. The van der Waals surface area contributed by atoms with Gasteiger partial charge in [-0.05, 0) is 36.1 Å². The predicted octanol–water partition coefficient (Wildman–Crippen LogP) is 5.03. The number of hydrogen-bond donors (Lipinski definition) is 2. The van der Waals surface area contributed by atoms with E-state index in [1.807, 2.05) is 31.2 Å². The highest BCUT2D eigenvalue weighted by Crippen LogP contribution is 2.27. The van der Waals surface area contributed by atoms with E-state index in [1.54, 1.807) is 6.20 Å². The maximum absolute atomic E-state index is 11.8. The Balaban J connectivity index is 1.44. The van der Waals surface area contributed by atoms with Crippen LogP contribution in [0.5, 0.6) is 0 Å². The maximum Gasteiger partial charge on any atom is 0.251 e. The Hall–Kier alpha value is -3.73. The van der Waals surface area contributed by atoms with E-state index in [0.29, 0.717) is 18.2 Å². The normalized spacial score (nSPS) is 10.9. The molecule has 0 bridgehead atoms. The molecule has 0 saturated carbocycles. The minimum absolute atomic E-state index is 0.142. The Labute approximate surface area is 182 Å². The molecule has 0 spiro atoms. The number of rotatable bonds is 8. The summed E-state index contributed by atoms with van der Waals surface area (Å²) >= 11 is 0. The standard InChI is InChI=1S/C26H26N4O/c1-2-22-17-25(31)30-26(29-22)21-13-14-24(28-18-21)27-16-15-23(19-9-5-3-6-10-19)20-11-7-4-8-12-20/h3-14,17-18,23H,2,15-16H2,1H3,(H,27,28)(H,29,30,31). The number of H-pyrrole nitrogens is 1. The predicted molar refractivity (Wildman–Crippen MR) is 125 cm³/mol. The van der Waals surface area contributed by atoms with Crippen molar-refractivity contribution in [1.82, 2.24) is 15.0 Å². The Morgan fingerprint density at radius 1 is 0.935 bits per heavy atom. The van der Waals surface area contributed by atoms with Gasteiger partial charge in [-0.25, -0.2) is 9.97 Å². The Morgan fingerprint density at radius 2 is 1.61 bits per heavy atom. The molecule has 2 aromatic heterocycles. The van der Waals surface area contributed by atoms with Crippen LogP contribution >= 0.6 is 0 Å².